The van der Waals surface area contributed by atoms with Crippen molar-refractivity contribution in [2.24, 2.45) is 0 Å². The van der Waals surface area contributed by atoms with Gasteiger partial charge in [0, 0.05) is 24.7 Å². The standard InChI is InChI=1S/C19H22N2O3/c1-14-9-10-17(24-3)16(11-14)13-21(2)18(22)12-20-19(23)15-7-5-4-6-8-15/h4-11H,12-13H2,1-3H3,(H,20,23). The van der Waals surface area contributed by atoms with Gasteiger partial charge in [0.25, 0.3) is 5.91 Å². The third-order valence-electron chi connectivity index (χ3n) is 3.71. The molecule has 126 valence electrons. The molecule has 0 unspecified atom stereocenters. The van der Waals surface area contributed by atoms with Crippen LogP contribution in [0.25, 0.3) is 0 Å². The molecule has 2 amide bonds. The third-order valence-corrected chi connectivity index (χ3v) is 3.71. The van der Waals surface area contributed by atoms with E-state index in [1.807, 2.05) is 31.2 Å². The van der Waals surface area contributed by atoms with Gasteiger partial charge in [-0.1, -0.05) is 35.9 Å². The van der Waals surface area contributed by atoms with Crippen LogP contribution in [0.2, 0.25) is 0 Å². The van der Waals surface area contributed by atoms with E-state index >= 15 is 0 Å². The molecule has 1 N–H and O–H groups in total. The zero-order chi connectivity index (χ0) is 17.5. The Morgan fingerprint density at radius 1 is 1.12 bits per heavy atom. The fourth-order valence-corrected chi connectivity index (χ4v) is 2.36. The highest BCUT2D eigenvalue weighted by Crippen LogP contribution is 2.20. The number of nitrogens with zero attached hydrogens (tertiary/aromatic N) is 1. The highest BCUT2D eigenvalue weighted by atomic mass is 16.5. The minimum Gasteiger partial charge on any atom is -0.496 e. The minimum atomic E-state index is -0.259. The maximum absolute atomic E-state index is 12.2. The second-order valence-corrected chi connectivity index (χ2v) is 5.61. The van der Waals surface area contributed by atoms with Gasteiger partial charge in [-0.15, -0.1) is 0 Å². The van der Waals surface area contributed by atoms with Crippen molar-refractivity contribution in [1.82, 2.24) is 10.2 Å². The highest BCUT2D eigenvalue weighted by Gasteiger charge is 2.14. The van der Waals surface area contributed by atoms with Crippen LogP contribution in [0.5, 0.6) is 5.75 Å². The van der Waals surface area contributed by atoms with Gasteiger partial charge in [0.2, 0.25) is 5.91 Å². The van der Waals surface area contributed by atoms with Crippen LogP contribution in [0.3, 0.4) is 0 Å². The minimum absolute atomic E-state index is 0.0433. The zero-order valence-corrected chi connectivity index (χ0v) is 14.2. The summed E-state index contributed by atoms with van der Waals surface area (Å²) in [5, 5.41) is 2.64. The fraction of sp³-hybridized carbons (Fsp3) is 0.263. The average molecular weight is 326 g/mol. The van der Waals surface area contributed by atoms with Gasteiger partial charge in [-0.05, 0) is 25.1 Å². The van der Waals surface area contributed by atoms with Crippen molar-refractivity contribution in [2.75, 3.05) is 20.7 Å². The normalized spacial score (nSPS) is 10.1. The molecule has 2 aromatic carbocycles. The smallest absolute Gasteiger partial charge is 0.251 e. The Balaban J connectivity index is 1.93. The Morgan fingerprint density at radius 2 is 1.83 bits per heavy atom. The molecule has 0 bridgehead atoms. The summed E-state index contributed by atoms with van der Waals surface area (Å²) in [6.45, 7) is 2.37. The molecule has 2 aromatic rings. The number of benzene rings is 2. The lowest BCUT2D eigenvalue weighted by molar-refractivity contribution is -0.129. The first-order valence-corrected chi connectivity index (χ1v) is 7.72. The highest BCUT2D eigenvalue weighted by molar-refractivity contribution is 5.96. The molecule has 0 fully saturated rings. The van der Waals surface area contributed by atoms with Crippen LogP contribution in [0.15, 0.2) is 48.5 Å². The van der Waals surface area contributed by atoms with E-state index in [2.05, 4.69) is 5.32 Å². The molecular formula is C19H22N2O3. The van der Waals surface area contributed by atoms with Crippen molar-refractivity contribution in [2.45, 2.75) is 13.5 Å². The third kappa shape index (κ3) is 4.59. The summed E-state index contributed by atoms with van der Waals surface area (Å²) in [6, 6.07) is 14.7. The topological polar surface area (TPSA) is 58.6 Å². The van der Waals surface area contributed by atoms with Crippen molar-refractivity contribution < 1.29 is 14.3 Å². The van der Waals surface area contributed by atoms with Crippen LogP contribution in [-0.2, 0) is 11.3 Å². The SMILES string of the molecule is COc1ccc(C)cc1CN(C)C(=O)CNC(=O)c1ccccc1. The van der Waals surface area contributed by atoms with Gasteiger partial charge >= 0.3 is 0 Å². The Labute approximate surface area is 142 Å². The Kier molecular flexibility index (Phi) is 5.95. The lowest BCUT2D eigenvalue weighted by Gasteiger charge is -2.19. The van der Waals surface area contributed by atoms with Crippen LogP contribution < -0.4 is 10.1 Å². The van der Waals surface area contributed by atoms with Crippen LogP contribution in [0, 0.1) is 6.92 Å². The van der Waals surface area contributed by atoms with Gasteiger partial charge < -0.3 is 15.0 Å². The van der Waals surface area contributed by atoms with Gasteiger partial charge in [0.05, 0.1) is 13.7 Å². The zero-order valence-electron chi connectivity index (χ0n) is 14.2. The number of carbonyl (C=O) groups is 2. The average Bonchev–Trinajstić information content (AvgIpc) is 2.60. The first-order valence-electron chi connectivity index (χ1n) is 7.72. The number of rotatable bonds is 6. The monoisotopic (exact) mass is 326 g/mol. The van der Waals surface area contributed by atoms with E-state index in [-0.39, 0.29) is 18.4 Å². The Bertz CT molecular complexity index is 714. The van der Waals surface area contributed by atoms with Gasteiger partial charge in [0.1, 0.15) is 5.75 Å². The molecule has 5 heteroatoms. The van der Waals surface area contributed by atoms with E-state index in [4.69, 9.17) is 4.74 Å². The van der Waals surface area contributed by atoms with Crippen molar-refractivity contribution in [1.29, 1.82) is 0 Å². The molecule has 0 aliphatic rings. The molecule has 0 saturated carbocycles. The Morgan fingerprint density at radius 3 is 2.50 bits per heavy atom. The molecule has 0 spiro atoms. The maximum atomic E-state index is 12.2. The lowest BCUT2D eigenvalue weighted by Crippen LogP contribution is -2.37. The molecule has 0 saturated heterocycles. The second-order valence-electron chi connectivity index (χ2n) is 5.61. The van der Waals surface area contributed by atoms with Crippen LogP contribution >= 0.6 is 0 Å². The summed E-state index contributed by atoms with van der Waals surface area (Å²) >= 11 is 0. The number of nitrogens with one attached hydrogen (secondary N) is 1. The summed E-state index contributed by atoms with van der Waals surface area (Å²) in [7, 11) is 3.31. The number of amides is 2. The van der Waals surface area contributed by atoms with E-state index in [0.29, 0.717) is 12.1 Å². The quantitative estimate of drug-likeness (QED) is 0.887. The van der Waals surface area contributed by atoms with E-state index in [9.17, 15) is 9.59 Å². The predicted molar refractivity (Wildman–Crippen MR) is 93.0 cm³/mol. The van der Waals surface area contributed by atoms with Crippen molar-refractivity contribution >= 4 is 11.8 Å². The molecule has 0 aromatic heterocycles. The summed E-state index contributed by atoms with van der Waals surface area (Å²) < 4.78 is 5.33. The van der Waals surface area contributed by atoms with Crippen LogP contribution in [0.1, 0.15) is 21.5 Å². The molecule has 0 aliphatic heterocycles. The summed E-state index contributed by atoms with van der Waals surface area (Å²) in [4.78, 5) is 25.8. The molecule has 0 aliphatic carbocycles. The molecule has 2 rings (SSSR count). The van der Waals surface area contributed by atoms with Crippen molar-refractivity contribution in [3.63, 3.8) is 0 Å². The largest absolute Gasteiger partial charge is 0.496 e. The first-order chi connectivity index (χ1) is 11.5. The number of methoxy groups -OCH3 is 1. The number of hydrogen-bond acceptors (Lipinski definition) is 3. The maximum Gasteiger partial charge on any atom is 0.251 e. The Hall–Kier alpha value is -2.82. The summed E-state index contributed by atoms with van der Waals surface area (Å²) in [5.41, 5.74) is 2.57. The molecule has 0 radical (unpaired) electrons. The summed E-state index contributed by atoms with van der Waals surface area (Å²) in [5.74, 6) is 0.321. The van der Waals surface area contributed by atoms with Gasteiger partial charge in [-0.2, -0.15) is 0 Å². The first kappa shape index (κ1) is 17.5. The fourth-order valence-electron chi connectivity index (χ4n) is 2.36. The molecular weight excluding hydrogens is 304 g/mol. The molecule has 0 heterocycles. The van der Waals surface area contributed by atoms with Crippen molar-refractivity contribution in [3.05, 3.63) is 65.2 Å². The van der Waals surface area contributed by atoms with Gasteiger partial charge in [-0.3, -0.25) is 9.59 Å². The number of hydrogen-bond donors (Lipinski definition) is 1. The van der Waals surface area contributed by atoms with E-state index in [1.54, 1.807) is 43.3 Å². The lowest BCUT2D eigenvalue weighted by atomic mass is 10.1. The number of carbonyl (C=O) groups excluding carboxylic acids is 2. The number of likely N-dealkylation sites (N-methyl/N-ethyl adjacent to an activating group) is 1. The second kappa shape index (κ2) is 8.15. The molecule has 0 atom stereocenters. The molecule has 24 heavy (non-hydrogen) atoms. The van der Waals surface area contributed by atoms with Crippen molar-refractivity contribution in [3.8, 4) is 5.75 Å². The van der Waals surface area contributed by atoms with Gasteiger partial charge in [0.15, 0.2) is 0 Å². The molecule has 5 nitrogen and oxygen atoms in total. The van der Waals surface area contributed by atoms with Crippen LogP contribution in [0.4, 0.5) is 0 Å². The van der Waals surface area contributed by atoms with Crippen LogP contribution in [-0.4, -0.2) is 37.4 Å². The van der Waals surface area contributed by atoms with E-state index in [1.165, 1.54) is 0 Å². The number of aryl methyl sites for hydroxylation is 1. The number of ether oxygens (including phenoxy) is 1. The van der Waals surface area contributed by atoms with E-state index in [0.717, 1.165) is 16.9 Å². The summed E-state index contributed by atoms with van der Waals surface area (Å²) in [6.07, 6.45) is 0. The van der Waals surface area contributed by atoms with E-state index < -0.39 is 0 Å². The van der Waals surface area contributed by atoms with Gasteiger partial charge in [-0.25, -0.2) is 0 Å². The predicted octanol–water partition coefficient (Wildman–Crippen LogP) is 2.39.